The van der Waals surface area contributed by atoms with E-state index in [1.807, 2.05) is 18.2 Å². The van der Waals surface area contributed by atoms with E-state index in [9.17, 15) is 4.79 Å². The lowest BCUT2D eigenvalue weighted by Crippen LogP contribution is -2.31. The van der Waals surface area contributed by atoms with E-state index in [1.165, 1.54) is 0 Å². The van der Waals surface area contributed by atoms with E-state index in [1.54, 1.807) is 6.08 Å². The molecule has 104 valence electrons. The van der Waals surface area contributed by atoms with Crippen LogP contribution in [-0.4, -0.2) is 23.7 Å². The average molecular weight is 326 g/mol. The van der Waals surface area contributed by atoms with Crippen LogP contribution in [0.15, 0.2) is 28.7 Å². The molecule has 0 radical (unpaired) electrons. The van der Waals surface area contributed by atoms with E-state index in [2.05, 4.69) is 41.6 Å². The van der Waals surface area contributed by atoms with Crippen LogP contribution in [0.4, 0.5) is 5.69 Å². The van der Waals surface area contributed by atoms with Crippen LogP contribution in [0.5, 0.6) is 0 Å². The van der Waals surface area contributed by atoms with Gasteiger partial charge in [0.25, 0.3) is 0 Å². The van der Waals surface area contributed by atoms with Crippen molar-refractivity contribution in [2.75, 3.05) is 11.4 Å². The van der Waals surface area contributed by atoms with Crippen molar-refractivity contribution >= 4 is 33.7 Å². The van der Waals surface area contributed by atoms with Crippen molar-refractivity contribution in [1.82, 2.24) is 0 Å². The van der Waals surface area contributed by atoms with E-state index < -0.39 is 5.97 Å². The van der Waals surface area contributed by atoms with Gasteiger partial charge in [-0.15, -0.1) is 0 Å². The largest absolute Gasteiger partial charge is 0.478 e. The van der Waals surface area contributed by atoms with Gasteiger partial charge in [-0.25, -0.2) is 4.79 Å². The standard InChI is InChI=1S/C15H20BrNO2/c1-4-9-17(11(2)3)13-7-5-12(14(16)10-13)6-8-15(18)19/h5-8,10-11H,4,9H2,1-3H3,(H,18,19)/b8-6+. The Morgan fingerprint density at radius 3 is 2.63 bits per heavy atom. The Labute approximate surface area is 123 Å². The van der Waals surface area contributed by atoms with Gasteiger partial charge in [-0.2, -0.15) is 0 Å². The van der Waals surface area contributed by atoms with Gasteiger partial charge < -0.3 is 10.0 Å². The summed E-state index contributed by atoms with van der Waals surface area (Å²) in [6, 6.07) is 6.44. The molecule has 0 aromatic heterocycles. The Morgan fingerprint density at radius 2 is 2.16 bits per heavy atom. The van der Waals surface area contributed by atoms with Crippen LogP contribution in [-0.2, 0) is 4.79 Å². The van der Waals surface area contributed by atoms with Gasteiger partial charge in [0, 0.05) is 28.8 Å². The maximum atomic E-state index is 10.5. The van der Waals surface area contributed by atoms with Crippen LogP contribution in [0.1, 0.15) is 32.8 Å². The monoisotopic (exact) mass is 325 g/mol. The molecule has 3 nitrogen and oxygen atoms in total. The summed E-state index contributed by atoms with van der Waals surface area (Å²) in [6.07, 6.45) is 3.83. The number of aliphatic carboxylic acids is 1. The molecule has 1 aromatic carbocycles. The highest BCUT2D eigenvalue weighted by Gasteiger charge is 2.10. The third-order valence-electron chi connectivity index (χ3n) is 2.81. The minimum Gasteiger partial charge on any atom is -0.478 e. The zero-order valence-corrected chi connectivity index (χ0v) is 13.1. The van der Waals surface area contributed by atoms with Crippen LogP contribution in [0.25, 0.3) is 6.08 Å². The van der Waals surface area contributed by atoms with Crippen molar-refractivity contribution in [3.63, 3.8) is 0 Å². The first-order valence-electron chi connectivity index (χ1n) is 6.43. The van der Waals surface area contributed by atoms with Gasteiger partial charge in [-0.1, -0.05) is 28.9 Å². The first-order valence-corrected chi connectivity index (χ1v) is 7.22. The number of carbonyl (C=O) groups is 1. The molecule has 0 spiro atoms. The molecule has 0 aliphatic rings. The Kier molecular flexibility index (Phi) is 6.09. The number of halogens is 1. The second kappa shape index (κ2) is 7.34. The molecule has 0 amide bonds. The SMILES string of the molecule is CCCN(c1ccc(/C=C/C(=O)O)c(Br)c1)C(C)C. The van der Waals surface area contributed by atoms with Crippen molar-refractivity contribution in [2.24, 2.45) is 0 Å². The Hall–Kier alpha value is -1.29. The molecular weight excluding hydrogens is 306 g/mol. The van der Waals surface area contributed by atoms with E-state index in [4.69, 9.17) is 5.11 Å². The second-order valence-electron chi connectivity index (χ2n) is 4.66. The summed E-state index contributed by atoms with van der Waals surface area (Å²) in [5.74, 6) is -0.939. The van der Waals surface area contributed by atoms with Crippen molar-refractivity contribution in [1.29, 1.82) is 0 Å². The number of hydrogen-bond donors (Lipinski definition) is 1. The smallest absolute Gasteiger partial charge is 0.328 e. The highest BCUT2D eigenvalue weighted by molar-refractivity contribution is 9.10. The number of carboxylic acids is 1. The van der Waals surface area contributed by atoms with Crippen LogP contribution < -0.4 is 4.90 Å². The number of anilines is 1. The summed E-state index contributed by atoms with van der Waals surface area (Å²) in [7, 11) is 0. The van der Waals surface area contributed by atoms with Crippen LogP contribution in [0.2, 0.25) is 0 Å². The van der Waals surface area contributed by atoms with E-state index >= 15 is 0 Å². The predicted octanol–water partition coefficient (Wildman–Crippen LogP) is 4.17. The summed E-state index contributed by atoms with van der Waals surface area (Å²) in [5, 5.41) is 8.64. The molecule has 0 bridgehead atoms. The quantitative estimate of drug-likeness (QED) is 0.798. The first-order chi connectivity index (χ1) is 8.95. The first kappa shape index (κ1) is 15.8. The molecule has 0 unspecified atom stereocenters. The summed E-state index contributed by atoms with van der Waals surface area (Å²) in [6.45, 7) is 7.51. The minimum atomic E-state index is -0.939. The average Bonchev–Trinajstić information content (AvgIpc) is 2.33. The molecule has 0 atom stereocenters. The molecule has 1 N–H and O–H groups in total. The van der Waals surface area contributed by atoms with Crippen LogP contribution in [0.3, 0.4) is 0 Å². The Bertz CT molecular complexity index is 469. The summed E-state index contributed by atoms with van der Waals surface area (Å²) >= 11 is 3.49. The van der Waals surface area contributed by atoms with Gasteiger partial charge >= 0.3 is 5.97 Å². The fourth-order valence-electron chi connectivity index (χ4n) is 1.92. The fourth-order valence-corrected chi connectivity index (χ4v) is 2.42. The van der Waals surface area contributed by atoms with Gasteiger partial charge in [0.05, 0.1) is 0 Å². The fraction of sp³-hybridized carbons (Fsp3) is 0.400. The molecule has 0 heterocycles. The molecule has 0 saturated heterocycles. The van der Waals surface area contributed by atoms with Gasteiger partial charge in [0.2, 0.25) is 0 Å². The van der Waals surface area contributed by atoms with Crippen molar-refractivity contribution in [2.45, 2.75) is 33.2 Å². The lowest BCUT2D eigenvalue weighted by atomic mass is 10.1. The topological polar surface area (TPSA) is 40.5 Å². The second-order valence-corrected chi connectivity index (χ2v) is 5.52. The van der Waals surface area contributed by atoms with Gasteiger partial charge in [-0.3, -0.25) is 0 Å². The maximum Gasteiger partial charge on any atom is 0.328 e. The molecule has 0 aliphatic heterocycles. The van der Waals surface area contributed by atoms with E-state index in [0.717, 1.165) is 34.8 Å². The Morgan fingerprint density at radius 1 is 1.47 bits per heavy atom. The highest BCUT2D eigenvalue weighted by Crippen LogP contribution is 2.26. The summed E-state index contributed by atoms with van der Waals surface area (Å²) in [5.41, 5.74) is 2.02. The van der Waals surface area contributed by atoms with Crippen molar-refractivity contribution in [3.05, 3.63) is 34.3 Å². The predicted molar refractivity (Wildman–Crippen MR) is 83.6 cm³/mol. The molecule has 0 aliphatic carbocycles. The number of hydrogen-bond acceptors (Lipinski definition) is 2. The molecule has 4 heteroatoms. The number of nitrogens with zero attached hydrogens (tertiary/aromatic N) is 1. The molecule has 0 fully saturated rings. The molecular formula is C15H20BrNO2. The normalized spacial score (nSPS) is 11.2. The highest BCUT2D eigenvalue weighted by atomic mass is 79.9. The number of carboxylic acid groups (broad SMARTS) is 1. The van der Waals surface area contributed by atoms with Crippen molar-refractivity contribution in [3.8, 4) is 0 Å². The zero-order valence-electron chi connectivity index (χ0n) is 11.6. The van der Waals surface area contributed by atoms with Crippen LogP contribution >= 0.6 is 15.9 Å². The third kappa shape index (κ3) is 4.71. The Balaban J connectivity index is 3.00. The van der Waals surface area contributed by atoms with Gasteiger partial charge in [0.1, 0.15) is 0 Å². The molecule has 1 rings (SSSR count). The zero-order chi connectivity index (χ0) is 14.4. The molecule has 1 aromatic rings. The third-order valence-corrected chi connectivity index (χ3v) is 3.50. The van der Waals surface area contributed by atoms with E-state index in [-0.39, 0.29) is 0 Å². The molecule has 0 saturated carbocycles. The maximum absolute atomic E-state index is 10.5. The lowest BCUT2D eigenvalue weighted by Gasteiger charge is -2.29. The summed E-state index contributed by atoms with van der Waals surface area (Å²) < 4.78 is 0.907. The van der Waals surface area contributed by atoms with Crippen molar-refractivity contribution < 1.29 is 9.90 Å². The lowest BCUT2D eigenvalue weighted by molar-refractivity contribution is -0.131. The van der Waals surface area contributed by atoms with E-state index in [0.29, 0.717) is 6.04 Å². The van der Waals surface area contributed by atoms with Gasteiger partial charge in [0.15, 0.2) is 0 Å². The summed E-state index contributed by atoms with van der Waals surface area (Å²) in [4.78, 5) is 12.9. The van der Waals surface area contributed by atoms with Crippen LogP contribution in [0, 0.1) is 0 Å². The minimum absolute atomic E-state index is 0.437. The number of rotatable bonds is 6. The molecule has 19 heavy (non-hydrogen) atoms. The number of benzene rings is 1. The van der Waals surface area contributed by atoms with Gasteiger partial charge in [-0.05, 0) is 44.0 Å².